The van der Waals surface area contributed by atoms with Crippen LogP contribution in [0.2, 0.25) is 0 Å². The molecule has 1 unspecified atom stereocenters. The number of rotatable bonds is 2. The molecule has 1 aliphatic heterocycles. The van der Waals surface area contributed by atoms with Gasteiger partial charge < -0.3 is 4.74 Å². The number of hydrogen-bond donors (Lipinski definition) is 0. The molecule has 1 nitrogen and oxygen atoms in total. The van der Waals surface area contributed by atoms with Crippen LogP contribution in [0.15, 0.2) is 48.5 Å². The summed E-state index contributed by atoms with van der Waals surface area (Å²) in [5.41, 5.74) is 2.38. The molecule has 2 aromatic carbocycles. The fraction of sp³-hybridized carbons (Fsp3) is 0.200. The molecule has 2 aromatic rings. The van der Waals surface area contributed by atoms with Crippen LogP contribution < -0.4 is 4.74 Å². The quantitative estimate of drug-likeness (QED) is 0.765. The first kappa shape index (κ1) is 10.3. The molecule has 2 heteroatoms. The van der Waals surface area contributed by atoms with Gasteiger partial charge in [-0.05, 0) is 29.3 Å². The van der Waals surface area contributed by atoms with Gasteiger partial charge in [0.2, 0.25) is 0 Å². The lowest BCUT2D eigenvalue weighted by Gasteiger charge is -2.10. The van der Waals surface area contributed by atoms with E-state index >= 15 is 0 Å². The Hall–Kier alpha value is -1.83. The average molecular weight is 228 g/mol. The van der Waals surface area contributed by atoms with E-state index in [2.05, 4.69) is 6.07 Å². The zero-order valence-corrected chi connectivity index (χ0v) is 9.40. The highest BCUT2D eigenvalue weighted by atomic mass is 19.1. The van der Waals surface area contributed by atoms with E-state index in [4.69, 9.17) is 4.74 Å². The summed E-state index contributed by atoms with van der Waals surface area (Å²) in [4.78, 5) is 0. The second-order valence-corrected chi connectivity index (χ2v) is 4.38. The minimum absolute atomic E-state index is 0.179. The lowest BCUT2D eigenvalue weighted by atomic mass is 10.0. The summed E-state index contributed by atoms with van der Waals surface area (Å²) in [6.45, 7) is 0. The van der Waals surface area contributed by atoms with Gasteiger partial charge in [0, 0.05) is 12.8 Å². The van der Waals surface area contributed by atoms with Gasteiger partial charge in [-0.1, -0.05) is 30.3 Å². The van der Waals surface area contributed by atoms with Crippen LogP contribution in [0.25, 0.3) is 0 Å². The molecule has 1 heterocycles. The van der Waals surface area contributed by atoms with Gasteiger partial charge in [0.25, 0.3) is 0 Å². The van der Waals surface area contributed by atoms with E-state index < -0.39 is 0 Å². The third-order valence-electron chi connectivity index (χ3n) is 3.09. The van der Waals surface area contributed by atoms with Crippen molar-refractivity contribution in [2.24, 2.45) is 0 Å². The van der Waals surface area contributed by atoms with Crippen LogP contribution in [0.3, 0.4) is 0 Å². The summed E-state index contributed by atoms with van der Waals surface area (Å²) in [6.07, 6.45) is 1.94. The van der Waals surface area contributed by atoms with Gasteiger partial charge in [0.15, 0.2) is 0 Å². The summed E-state index contributed by atoms with van der Waals surface area (Å²) in [6, 6.07) is 14.7. The highest BCUT2D eigenvalue weighted by Crippen LogP contribution is 2.29. The number of para-hydroxylation sites is 1. The molecule has 0 N–H and O–H groups in total. The van der Waals surface area contributed by atoms with Crippen molar-refractivity contribution >= 4 is 0 Å². The first-order valence-corrected chi connectivity index (χ1v) is 5.80. The minimum Gasteiger partial charge on any atom is -0.489 e. The Labute approximate surface area is 99.9 Å². The molecule has 0 radical (unpaired) electrons. The Morgan fingerprint density at radius 2 is 1.82 bits per heavy atom. The van der Waals surface area contributed by atoms with Gasteiger partial charge in [-0.25, -0.2) is 4.39 Å². The Morgan fingerprint density at radius 1 is 1.06 bits per heavy atom. The van der Waals surface area contributed by atoms with E-state index in [1.165, 1.54) is 17.7 Å². The first-order chi connectivity index (χ1) is 8.31. The second kappa shape index (κ2) is 4.21. The summed E-state index contributed by atoms with van der Waals surface area (Å²) < 4.78 is 18.6. The van der Waals surface area contributed by atoms with Crippen LogP contribution >= 0.6 is 0 Å². The number of fused-ring (bicyclic) bond motifs is 1. The molecule has 0 aliphatic carbocycles. The van der Waals surface area contributed by atoms with E-state index in [0.29, 0.717) is 0 Å². The van der Waals surface area contributed by atoms with Crippen molar-refractivity contribution in [3.05, 3.63) is 65.5 Å². The molecule has 0 amide bonds. The predicted octanol–water partition coefficient (Wildman–Crippen LogP) is 3.37. The van der Waals surface area contributed by atoms with Crippen molar-refractivity contribution in [1.82, 2.24) is 0 Å². The standard InChI is InChI=1S/C15H13FO/c16-13-7-5-11(6-8-13)9-14-10-12-3-1-2-4-15(12)17-14/h1-8,14H,9-10H2. The Morgan fingerprint density at radius 3 is 2.59 bits per heavy atom. The molecule has 1 aliphatic rings. The Bertz CT molecular complexity index is 494. The van der Waals surface area contributed by atoms with Crippen molar-refractivity contribution in [2.45, 2.75) is 18.9 Å². The van der Waals surface area contributed by atoms with Gasteiger partial charge in [-0.3, -0.25) is 0 Å². The topological polar surface area (TPSA) is 9.23 Å². The molecular formula is C15H13FO. The normalized spacial score (nSPS) is 17.6. The fourth-order valence-corrected chi connectivity index (χ4v) is 2.25. The third kappa shape index (κ3) is 2.16. The lowest BCUT2D eigenvalue weighted by molar-refractivity contribution is 0.233. The van der Waals surface area contributed by atoms with E-state index in [9.17, 15) is 4.39 Å². The average Bonchev–Trinajstić information content (AvgIpc) is 2.74. The third-order valence-corrected chi connectivity index (χ3v) is 3.09. The van der Waals surface area contributed by atoms with Gasteiger partial charge >= 0.3 is 0 Å². The smallest absolute Gasteiger partial charge is 0.123 e. The lowest BCUT2D eigenvalue weighted by Crippen LogP contribution is -2.16. The molecule has 0 saturated carbocycles. The molecule has 0 spiro atoms. The molecule has 3 rings (SSSR count). The number of benzene rings is 2. The van der Waals surface area contributed by atoms with Crippen molar-refractivity contribution in [1.29, 1.82) is 0 Å². The van der Waals surface area contributed by atoms with Gasteiger partial charge in [-0.15, -0.1) is 0 Å². The van der Waals surface area contributed by atoms with Crippen molar-refractivity contribution in [3.8, 4) is 5.75 Å². The monoisotopic (exact) mass is 228 g/mol. The summed E-state index contributed by atoms with van der Waals surface area (Å²) in [5.74, 6) is 0.795. The highest BCUT2D eigenvalue weighted by molar-refractivity contribution is 5.37. The minimum atomic E-state index is -0.190. The fourth-order valence-electron chi connectivity index (χ4n) is 2.25. The zero-order chi connectivity index (χ0) is 11.7. The predicted molar refractivity (Wildman–Crippen MR) is 64.7 cm³/mol. The molecule has 0 fully saturated rings. The molecule has 17 heavy (non-hydrogen) atoms. The second-order valence-electron chi connectivity index (χ2n) is 4.38. The molecule has 0 aromatic heterocycles. The maximum absolute atomic E-state index is 12.8. The van der Waals surface area contributed by atoms with Crippen molar-refractivity contribution in [3.63, 3.8) is 0 Å². The Kier molecular flexibility index (Phi) is 2.56. The number of hydrogen-bond acceptors (Lipinski definition) is 1. The van der Waals surface area contributed by atoms with Crippen LogP contribution in [0.4, 0.5) is 4.39 Å². The molecule has 0 saturated heterocycles. The zero-order valence-electron chi connectivity index (χ0n) is 9.40. The highest BCUT2D eigenvalue weighted by Gasteiger charge is 2.22. The summed E-state index contributed by atoms with van der Waals surface area (Å²) in [7, 11) is 0. The van der Waals surface area contributed by atoms with Crippen molar-refractivity contribution < 1.29 is 9.13 Å². The van der Waals surface area contributed by atoms with E-state index in [1.54, 1.807) is 0 Å². The molecule has 0 bridgehead atoms. The van der Waals surface area contributed by atoms with Crippen LogP contribution in [0, 0.1) is 5.82 Å². The SMILES string of the molecule is Fc1ccc(CC2Cc3ccccc3O2)cc1. The number of ether oxygens (including phenoxy) is 1. The maximum atomic E-state index is 12.8. The van der Waals surface area contributed by atoms with Crippen LogP contribution in [-0.2, 0) is 12.8 Å². The van der Waals surface area contributed by atoms with Crippen LogP contribution in [0.5, 0.6) is 5.75 Å². The van der Waals surface area contributed by atoms with Gasteiger partial charge in [0.05, 0.1) is 0 Å². The summed E-state index contributed by atoms with van der Waals surface area (Å²) in [5, 5.41) is 0. The number of halogens is 1. The first-order valence-electron chi connectivity index (χ1n) is 5.80. The molecule has 1 atom stereocenters. The van der Waals surface area contributed by atoms with Crippen molar-refractivity contribution in [2.75, 3.05) is 0 Å². The van der Waals surface area contributed by atoms with E-state index in [1.807, 2.05) is 30.3 Å². The molecular weight excluding hydrogens is 215 g/mol. The van der Waals surface area contributed by atoms with Crippen LogP contribution in [0.1, 0.15) is 11.1 Å². The van der Waals surface area contributed by atoms with E-state index in [0.717, 1.165) is 24.2 Å². The van der Waals surface area contributed by atoms with Crippen LogP contribution in [-0.4, -0.2) is 6.10 Å². The van der Waals surface area contributed by atoms with Gasteiger partial charge in [-0.2, -0.15) is 0 Å². The molecule has 86 valence electrons. The summed E-state index contributed by atoms with van der Waals surface area (Å²) >= 11 is 0. The largest absolute Gasteiger partial charge is 0.489 e. The maximum Gasteiger partial charge on any atom is 0.123 e. The van der Waals surface area contributed by atoms with E-state index in [-0.39, 0.29) is 11.9 Å². The Balaban J connectivity index is 1.71. The van der Waals surface area contributed by atoms with Gasteiger partial charge in [0.1, 0.15) is 17.7 Å².